The fraction of sp³-hybridized carbons (Fsp3) is 0.611. The van der Waals surface area contributed by atoms with Crippen LogP contribution in [0, 0.1) is 0 Å². The molecule has 1 N–H and O–H groups in total. The molecule has 2 aliphatic heterocycles. The topological polar surface area (TPSA) is 44.8 Å². The zero-order valence-electron chi connectivity index (χ0n) is 14.8. The summed E-state index contributed by atoms with van der Waals surface area (Å²) in [6, 6.07) is 5.13. The van der Waals surface area contributed by atoms with E-state index < -0.39 is 11.7 Å². The van der Waals surface area contributed by atoms with Crippen molar-refractivity contribution in [2.24, 2.45) is 0 Å². The molecular weight excluding hydrogens is 347 g/mol. The van der Waals surface area contributed by atoms with E-state index in [1.165, 1.54) is 6.07 Å². The average Bonchev–Trinajstić information content (AvgIpc) is 3.16. The van der Waals surface area contributed by atoms with Crippen LogP contribution in [-0.2, 0) is 10.9 Å². The molecule has 26 heavy (non-hydrogen) atoms. The molecule has 8 heteroatoms. The summed E-state index contributed by atoms with van der Waals surface area (Å²) in [6.45, 7) is 4.63. The zero-order chi connectivity index (χ0) is 18.7. The Balaban J connectivity index is 1.53. The number of halogens is 3. The highest BCUT2D eigenvalue weighted by atomic mass is 19.4. The Morgan fingerprint density at radius 2 is 2.00 bits per heavy atom. The highest BCUT2D eigenvalue weighted by Gasteiger charge is 2.31. The monoisotopic (exact) mass is 371 g/mol. The second-order valence-electron chi connectivity index (χ2n) is 6.81. The number of urea groups is 1. The van der Waals surface area contributed by atoms with E-state index in [-0.39, 0.29) is 18.2 Å². The molecular formula is C18H24F3N3O2. The molecule has 2 fully saturated rings. The predicted octanol–water partition coefficient (Wildman–Crippen LogP) is 3.10. The highest BCUT2D eigenvalue weighted by Crippen LogP contribution is 2.31. The number of benzene rings is 1. The van der Waals surface area contributed by atoms with E-state index in [0.717, 1.165) is 31.6 Å². The van der Waals surface area contributed by atoms with Gasteiger partial charge >= 0.3 is 12.2 Å². The molecule has 0 radical (unpaired) electrons. The normalized spacial score (nSPS) is 22.4. The molecule has 2 amide bonds. The molecule has 2 atom stereocenters. The Morgan fingerprint density at radius 3 is 2.62 bits per heavy atom. The molecule has 0 saturated carbocycles. The second kappa shape index (κ2) is 7.73. The summed E-state index contributed by atoms with van der Waals surface area (Å²) in [5.41, 5.74) is -0.117. The van der Waals surface area contributed by atoms with Gasteiger partial charge in [0, 0.05) is 38.5 Å². The van der Waals surface area contributed by atoms with Crippen LogP contribution in [0.25, 0.3) is 0 Å². The standard InChI is InChI=1S/C18H24F3N3O2/c1-13(16-6-3-11-26-16)22-17(25)24-9-7-23(8-10-24)15-5-2-4-14(12-15)18(19,20)21/h2,4-5,12-13,16H,3,6-11H2,1H3,(H,22,25)/t13-,16+/m0/s1. The van der Waals surface area contributed by atoms with Crippen molar-refractivity contribution in [1.82, 2.24) is 10.2 Å². The van der Waals surface area contributed by atoms with Gasteiger partial charge < -0.3 is 19.9 Å². The highest BCUT2D eigenvalue weighted by molar-refractivity contribution is 5.75. The Hall–Kier alpha value is -1.96. The van der Waals surface area contributed by atoms with Crippen LogP contribution in [0.15, 0.2) is 24.3 Å². The molecule has 144 valence electrons. The van der Waals surface area contributed by atoms with E-state index in [4.69, 9.17) is 4.74 Å². The number of ether oxygens (including phenoxy) is 1. The molecule has 0 unspecified atom stereocenters. The Bertz CT molecular complexity index is 624. The Kier molecular flexibility index (Phi) is 5.60. The number of piperazine rings is 1. The van der Waals surface area contributed by atoms with Crippen LogP contribution in [0.1, 0.15) is 25.3 Å². The third-order valence-corrected chi connectivity index (χ3v) is 4.98. The number of rotatable bonds is 3. The first-order valence-electron chi connectivity index (χ1n) is 8.94. The fourth-order valence-electron chi connectivity index (χ4n) is 3.42. The fourth-order valence-corrected chi connectivity index (χ4v) is 3.42. The lowest BCUT2D eigenvalue weighted by Crippen LogP contribution is -2.54. The van der Waals surface area contributed by atoms with Crippen molar-refractivity contribution in [3.05, 3.63) is 29.8 Å². The van der Waals surface area contributed by atoms with Gasteiger partial charge in [0.2, 0.25) is 0 Å². The van der Waals surface area contributed by atoms with Gasteiger partial charge in [0.25, 0.3) is 0 Å². The summed E-state index contributed by atoms with van der Waals surface area (Å²) < 4.78 is 44.2. The SMILES string of the molecule is C[C@H](NC(=O)N1CCN(c2cccc(C(F)(F)F)c2)CC1)[C@H]1CCCO1. The Labute approximate surface area is 151 Å². The number of nitrogens with one attached hydrogen (secondary N) is 1. The van der Waals surface area contributed by atoms with Crippen LogP contribution in [0.5, 0.6) is 0 Å². The van der Waals surface area contributed by atoms with Crippen molar-refractivity contribution in [3.63, 3.8) is 0 Å². The number of hydrogen-bond acceptors (Lipinski definition) is 3. The molecule has 3 rings (SSSR count). The van der Waals surface area contributed by atoms with Gasteiger partial charge in [-0.25, -0.2) is 4.79 Å². The number of anilines is 1. The van der Waals surface area contributed by atoms with Gasteiger partial charge in [0.1, 0.15) is 0 Å². The van der Waals surface area contributed by atoms with Crippen molar-refractivity contribution in [2.75, 3.05) is 37.7 Å². The van der Waals surface area contributed by atoms with Gasteiger partial charge in [-0.15, -0.1) is 0 Å². The maximum atomic E-state index is 12.9. The number of carbonyl (C=O) groups excluding carboxylic acids is 1. The summed E-state index contributed by atoms with van der Waals surface area (Å²) in [7, 11) is 0. The summed E-state index contributed by atoms with van der Waals surface area (Å²) in [6.07, 6.45) is -2.33. The number of amides is 2. The zero-order valence-corrected chi connectivity index (χ0v) is 14.8. The number of hydrogen-bond donors (Lipinski definition) is 1. The lowest BCUT2D eigenvalue weighted by molar-refractivity contribution is -0.137. The van der Waals surface area contributed by atoms with Crippen molar-refractivity contribution in [3.8, 4) is 0 Å². The number of alkyl halides is 3. The first-order chi connectivity index (χ1) is 12.3. The minimum Gasteiger partial charge on any atom is -0.376 e. The molecule has 1 aromatic rings. The maximum absolute atomic E-state index is 12.9. The lowest BCUT2D eigenvalue weighted by Gasteiger charge is -2.37. The van der Waals surface area contributed by atoms with Crippen molar-refractivity contribution in [1.29, 1.82) is 0 Å². The predicted molar refractivity (Wildman–Crippen MR) is 92.2 cm³/mol. The van der Waals surface area contributed by atoms with E-state index in [2.05, 4.69) is 5.32 Å². The first kappa shape index (κ1) is 18.8. The summed E-state index contributed by atoms with van der Waals surface area (Å²) in [4.78, 5) is 16.0. The van der Waals surface area contributed by atoms with Crippen LogP contribution >= 0.6 is 0 Å². The largest absolute Gasteiger partial charge is 0.416 e. The van der Waals surface area contributed by atoms with E-state index in [9.17, 15) is 18.0 Å². The molecule has 0 bridgehead atoms. The van der Waals surface area contributed by atoms with Gasteiger partial charge in [-0.05, 0) is 38.0 Å². The average molecular weight is 371 g/mol. The maximum Gasteiger partial charge on any atom is 0.416 e. The van der Waals surface area contributed by atoms with Crippen LogP contribution in [0.3, 0.4) is 0 Å². The van der Waals surface area contributed by atoms with Crippen molar-refractivity contribution >= 4 is 11.7 Å². The van der Waals surface area contributed by atoms with Gasteiger partial charge in [0.15, 0.2) is 0 Å². The third-order valence-electron chi connectivity index (χ3n) is 4.98. The molecule has 2 heterocycles. The molecule has 5 nitrogen and oxygen atoms in total. The van der Waals surface area contributed by atoms with Crippen LogP contribution in [0.2, 0.25) is 0 Å². The Morgan fingerprint density at radius 1 is 1.27 bits per heavy atom. The van der Waals surface area contributed by atoms with Crippen molar-refractivity contribution in [2.45, 2.75) is 38.1 Å². The van der Waals surface area contributed by atoms with Gasteiger partial charge in [-0.1, -0.05) is 6.07 Å². The van der Waals surface area contributed by atoms with Crippen LogP contribution in [0.4, 0.5) is 23.7 Å². The van der Waals surface area contributed by atoms with E-state index in [0.29, 0.717) is 31.9 Å². The smallest absolute Gasteiger partial charge is 0.376 e. The summed E-state index contributed by atoms with van der Waals surface area (Å²) in [5.74, 6) is 0. The van der Waals surface area contributed by atoms with Gasteiger partial charge in [-0.2, -0.15) is 13.2 Å². The minimum atomic E-state index is -4.35. The summed E-state index contributed by atoms with van der Waals surface area (Å²) >= 11 is 0. The minimum absolute atomic E-state index is 0.0495. The first-order valence-corrected chi connectivity index (χ1v) is 8.94. The molecule has 1 aromatic carbocycles. The molecule has 2 saturated heterocycles. The van der Waals surface area contributed by atoms with Crippen LogP contribution < -0.4 is 10.2 Å². The molecule has 0 spiro atoms. The second-order valence-corrected chi connectivity index (χ2v) is 6.81. The van der Waals surface area contributed by atoms with Gasteiger partial charge in [0.05, 0.1) is 17.7 Å². The molecule has 0 aliphatic carbocycles. The number of carbonyl (C=O) groups is 1. The number of nitrogens with zero attached hydrogens (tertiary/aromatic N) is 2. The molecule has 0 aromatic heterocycles. The van der Waals surface area contributed by atoms with E-state index in [1.54, 1.807) is 11.0 Å². The van der Waals surface area contributed by atoms with Crippen LogP contribution in [-0.4, -0.2) is 55.9 Å². The third kappa shape index (κ3) is 4.41. The summed E-state index contributed by atoms with van der Waals surface area (Å²) in [5, 5.41) is 2.97. The van der Waals surface area contributed by atoms with Gasteiger partial charge in [-0.3, -0.25) is 0 Å². The lowest BCUT2D eigenvalue weighted by atomic mass is 10.1. The van der Waals surface area contributed by atoms with E-state index in [1.807, 2.05) is 11.8 Å². The molecule has 2 aliphatic rings. The van der Waals surface area contributed by atoms with E-state index >= 15 is 0 Å². The quantitative estimate of drug-likeness (QED) is 0.888. The van der Waals surface area contributed by atoms with Crippen molar-refractivity contribution < 1.29 is 22.7 Å².